The van der Waals surface area contributed by atoms with Crippen LogP contribution in [0.25, 0.3) is 11.0 Å². The van der Waals surface area contributed by atoms with Gasteiger partial charge in [0.2, 0.25) is 0 Å². The third-order valence-electron chi connectivity index (χ3n) is 3.03. The maximum Gasteiger partial charge on any atom is 0.169 e. The average molecular weight is 251 g/mol. The van der Waals surface area contributed by atoms with Gasteiger partial charge in [-0.25, -0.2) is 4.39 Å². The predicted octanol–water partition coefficient (Wildman–Crippen LogP) is 3.39. The molecule has 4 heteroatoms. The Hall–Kier alpha value is -1.39. The second kappa shape index (κ2) is 5.50. The van der Waals surface area contributed by atoms with Gasteiger partial charge in [0.25, 0.3) is 0 Å². The van der Waals surface area contributed by atoms with Crippen molar-refractivity contribution in [2.75, 3.05) is 6.61 Å². The molecule has 1 aromatic carbocycles. The molecule has 2 atom stereocenters. The summed E-state index contributed by atoms with van der Waals surface area (Å²) in [6.45, 7) is 4.53. The Morgan fingerprint density at radius 3 is 2.78 bits per heavy atom. The summed E-state index contributed by atoms with van der Waals surface area (Å²) in [6, 6.07) is 6.25. The standard InChI is InChI=1S/C14H18FNO2/c1-3-11(17-4-2)13(16)12-8-9-6-5-7-10(15)14(9)18-12/h5-8,11,13H,3-4,16H2,1-2H3. The van der Waals surface area contributed by atoms with E-state index in [1.165, 1.54) is 6.07 Å². The molecular formula is C14H18FNO2. The first-order chi connectivity index (χ1) is 8.67. The van der Waals surface area contributed by atoms with Gasteiger partial charge in [-0.1, -0.05) is 19.1 Å². The molecule has 2 aromatic rings. The summed E-state index contributed by atoms with van der Waals surface area (Å²) in [4.78, 5) is 0. The maximum atomic E-state index is 13.5. The fraction of sp³-hybridized carbons (Fsp3) is 0.429. The largest absolute Gasteiger partial charge is 0.456 e. The zero-order chi connectivity index (χ0) is 13.1. The van der Waals surface area contributed by atoms with Gasteiger partial charge in [0, 0.05) is 12.0 Å². The molecule has 2 N–H and O–H groups in total. The van der Waals surface area contributed by atoms with E-state index in [-0.39, 0.29) is 23.5 Å². The van der Waals surface area contributed by atoms with Crippen LogP contribution >= 0.6 is 0 Å². The van der Waals surface area contributed by atoms with Crippen LogP contribution in [-0.2, 0) is 4.74 Å². The van der Waals surface area contributed by atoms with Crippen LogP contribution in [0.5, 0.6) is 0 Å². The minimum atomic E-state index is -0.373. The fourth-order valence-corrected chi connectivity index (χ4v) is 2.08. The molecule has 0 fully saturated rings. The molecule has 0 amide bonds. The summed E-state index contributed by atoms with van der Waals surface area (Å²) in [5.41, 5.74) is 6.37. The first-order valence-corrected chi connectivity index (χ1v) is 6.22. The van der Waals surface area contributed by atoms with Crippen LogP contribution in [0.1, 0.15) is 32.1 Å². The van der Waals surface area contributed by atoms with Gasteiger partial charge in [-0.3, -0.25) is 0 Å². The van der Waals surface area contributed by atoms with Gasteiger partial charge >= 0.3 is 0 Å². The normalized spacial score (nSPS) is 14.9. The summed E-state index contributed by atoms with van der Waals surface area (Å²) in [6.07, 6.45) is 0.674. The maximum absolute atomic E-state index is 13.5. The van der Waals surface area contributed by atoms with Crippen molar-refractivity contribution in [3.8, 4) is 0 Å². The van der Waals surface area contributed by atoms with Crippen LogP contribution in [0.4, 0.5) is 4.39 Å². The van der Waals surface area contributed by atoms with Crippen molar-refractivity contribution in [2.24, 2.45) is 5.73 Å². The van der Waals surface area contributed by atoms with Crippen LogP contribution < -0.4 is 5.73 Å². The van der Waals surface area contributed by atoms with Gasteiger partial charge in [-0.15, -0.1) is 0 Å². The van der Waals surface area contributed by atoms with Crippen LogP contribution in [0, 0.1) is 5.82 Å². The number of hydrogen-bond donors (Lipinski definition) is 1. The Balaban J connectivity index is 2.32. The topological polar surface area (TPSA) is 48.4 Å². The Morgan fingerprint density at radius 2 is 2.17 bits per heavy atom. The van der Waals surface area contributed by atoms with E-state index in [0.717, 1.165) is 11.8 Å². The first kappa shape index (κ1) is 13.1. The number of ether oxygens (including phenoxy) is 1. The number of para-hydroxylation sites is 1. The van der Waals surface area contributed by atoms with Crippen molar-refractivity contribution >= 4 is 11.0 Å². The molecule has 0 radical (unpaired) electrons. The number of benzene rings is 1. The van der Waals surface area contributed by atoms with Crippen molar-refractivity contribution in [3.05, 3.63) is 35.8 Å². The Kier molecular flexibility index (Phi) is 3.99. The molecule has 0 saturated heterocycles. The van der Waals surface area contributed by atoms with Crippen molar-refractivity contribution in [3.63, 3.8) is 0 Å². The van der Waals surface area contributed by atoms with E-state index in [1.54, 1.807) is 18.2 Å². The molecule has 1 heterocycles. The van der Waals surface area contributed by atoms with E-state index in [2.05, 4.69) is 0 Å². The zero-order valence-electron chi connectivity index (χ0n) is 10.7. The molecule has 0 saturated carbocycles. The quantitative estimate of drug-likeness (QED) is 0.886. The van der Waals surface area contributed by atoms with Gasteiger partial charge in [-0.2, -0.15) is 0 Å². The molecule has 1 aromatic heterocycles. The molecule has 2 rings (SSSR count). The number of nitrogens with two attached hydrogens (primary N) is 1. The number of halogens is 1. The monoisotopic (exact) mass is 251 g/mol. The highest BCUT2D eigenvalue weighted by Crippen LogP contribution is 2.28. The molecule has 18 heavy (non-hydrogen) atoms. The number of fused-ring (bicyclic) bond motifs is 1. The van der Waals surface area contributed by atoms with Gasteiger partial charge in [0.05, 0.1) is 12.1 Å². The first-order valence-electron chi connectivity index (χ1n) is 6.22. The number of hydrogen-bond acceptors (Lipinski definition) is 3. The molecule has 3 nitrogen and oxygen atoms in total. The smallest absolute Gasteiger partial charge is 0.169 e. The third kappa shape index (κ3) is 2.40. The SMILES string of the molecule is CCOC(CC)C(N)c1cc2cccc(F)c2o1. The van der Waals surface area contributed by atoms with E-state index in [9.17, 15) is 4.39 Å². The summed E-state index contributed by atoms with van der Waals surface area (Å²) in [5.74, 6) is 0.200. The lowest BCUT2D eigenvalue weighted by Crippen LogP contribution is -2.28. The van der Waals surface area contributed by atoms with Crippen LogP contribution in [-0.4, -0.2) is 12.7 Å². The van der Waals surface area contributed by atoms with Gasteiger partial charge < -0.3 is 14.9 Å². The molecule has 0 bridgehead atoms. The minimum Gasteiger partial charge on any atom is -0.456 e. The highest BCUT2D eigenvalue weighted by Gasteiger charge is 2.22. The molecule has 0 spiro atoms. The number of rotatable bonds is 5. The lowest BCUT2D eigenvalue weighted by atomic mass is 10.1. The fourth-order valence-electron chi connectivity index (χ4n) is 2.08. The molecule has 98 valence electrons. The van der Waals surface area contributed by atoms with E-state index < -0.39 is 0 Å². The number of furan rings is 1. The van der Waals surface area contributed by atoms with Crippen LogP contribution in [0.3, 0.4) is 0 Å². The predicted molar refractivity (Wildman–Crippen MR) is 68.8 cm³/mol. The minimum absolute atomic E-state index is 0.112. The summed E-state index contributed by atoms with van der Waals surface area (Å²) in [5, 5.41) is 0.729. The molecular weight excluding hydrogens is 233 g/mol. The van der Waals surface area contributed by atoms with E-state index in [4.69, 9.17) is 14.9 Å². The second-order valence-electron chi connectivity index (χ2n) is 4.23. The molecule has 2 unspecified atom stereocenters. The summed E-state index contributed by atoms with van der Waals surface area (Å²) < 4.78 is 24.6. The lowest BCUT2D eigenvalue weighted by molar-refractivity contribution is 0.0367. The van der Waals surface area contributed by atoms with Crippen molar-refractivity contribution < 1.29 is 13.5 Å². The average Bonchev–Trinajstić information content (AvgIpc) is 2.80. The van der Waals surface area contributed by atoms with Crippen LogP contribution in [0.2, 0.25) is 0 Å². The molecule has 0 aliphatic carbocycles. The van der Waals surface area contributed by atoms with Crippen LogP contribution in [0.15, 0.2) is 28.7 Å². The molecule has 0 aliphatic rings. The Morgan fingerprint density at radius 1 is 1.39 bits per heavy atom. The van der Waals surface area contributed by atoms with Crippen molar-refractivity contribution in [1.82, 2.24) is 0 Å². The molecule has 0 aliphatic heterocycles. The van der Waals surface area contributed by atoms with E-state index >= 15 is 0 Å². The van der Waals surface area contributed by atoms with E-state index in [1.807, 2.05) is 13.8 Å². The van der Waals surface area contributed by atoms with Crippen molar-refractivity contribution in [1.29, 1.82) is 0 Å². The van der Waals surface area contributed by atoms with Gasteiger partial charge in [0.1, 0.15) is 5.76 Å². The highest BCUT2D eigenvalue weighted by molar-refractivity contribution is 5.78. The Labute approximate surface area is 106 Å². The summed E-state index contributed by atoms with van der Waals surface area (Å²) in [7, 11) is 0. The summed E-state index contributed by atoms with van der Waals surface area (Å²) >= 11 is 0. The van der Waals surface area contributed by atoms with Crippen molar-refractivity contribution in [2.45, 2.75) is 32.4 Å². The second-order valence-corrected chi connectivity index (χ2v) is 4.23. The third-order valence-corrected chi connectivity index (χ3v) is 3.03. The van der Waals surface area contributed by atoms with Gasteiger partial charge in [0.15, 0.2) is 11.4 Å². The zero-order valence-corrected chi connectivity index (χ0v) is 10.7. The highest BCUT2D eigenvalue weighted by atomic mass is 19.1. The Bertz CT molecular complexity index is 523. The van der Waals surface area contributed by atoms with E-state index in [0.29, 0.717) is 12.4 Å². The van der Waals surface area contributed by atoms with Gasteiger partial charge in [-0.05, 0) is 25.5 Å². The lowest BCUT2D eigenvalue weighted by Gasteiger charge is -2.20.